The number of hydrogen-bond acceptors (Lipinski definition) is 5. The maximum Gasteiger partial charge on any atom is 0.410 e. The first kappa shape index (κ1) is 21.9. The Balaban J connectivity index is 1.21. The van der Waals surface area contributed by atoms with Crippen LogP contribution in [0.1, 0.15) is 57.9 Å². The molecular weight excluding hydrogens is 392 g/mol. The third-order valence-corrected chi connectivity index (χ3v) is 5.97. The molecule has 3 atom stereocenters. The van der Waals surface area contributed by atoms with Gasteiger partial charge in [-0.2, -0.15) is 0 Å². The Morgan fingerprint density at radius 1 is 1.23 bits per heavy atom. The number of amides is 1. The van der Waals surface area contributed by atoms with E-state index >= 15 is 0 Å². The molecule has 1 aromatic heterocycles. The predicted molar refractivity (Wildman–Crippen MR) is 119 cm³/mol. The van der Waals surface area contributed by atoms with E-state index < -0.39 is 5.60 Å². The van der Waals surface area contributed by atoms with Crippen LogP contribution in [-0.4, -0.2) is 54.0 Å². The fourth-order valence-corrected chi connectivity index (χ4v) is 4.03. The third-order valence-electron chi connectivity index (χ3n) is 5.97. The number of aromatic nitrogens is 1. The van der Waals surface area contributed by atoms with Gasteiger partial charge in [0.15, 0.2) is 0 Å². The molecule has 1 saturated heterocycles. The lowest BCUT2D eigenvalue weighted by molar-refractivity contribution is -0.0141. The number of carbonyl (C=O) groups is 1. The average molecular weight is 427 g/mol. The predicted octanol–water partition coefficient (Wildman–Crippen LogP) is 4.87. The largest absolute Gasteiger partial charge is 0.490 e. The van der Waals surface area contributed by atoms with Crippen molar-refractivity contribution in [1.29, 1.82) is 0 Å². The Morgan fingerprint density at radius 2 is 2.10 bits per heavy atom. The molecule has 0 bridgehead atoms. The number of nitrogens with zero attached hydrogens (tertiary/aromatic N) is 2. The van der Waals surface area contributed by atoms with Gasteiger partial charge in [-0.15, -0.1) is 0 Å². The summed E-state index contributed by atoms with van der Waals surface area (Å²) in [5.74, 6) is 1.81. The molecule has 31 heavy (non-hydrogen) atoms. The second-order valence-corrected chi connectivity index (χ2v) is 9.76. The minimum Gasteiger partial charge on any atom is -0.490 e. The van der Waals surface area contributed by atoms with E-state index in [-0.39, 0.29) is 12.1 Å². The molecule has 1 saturated carbocycles. The van der Waals surface area contributed by atoms with Crippen molar-refractivity contribution in [3.63, 3.8) is 0 Å². The number of likely N-dealkylation sites (tertiary alicyclic amines) is 1. The van der Waals surface area contributed by atoms with Gasteiger partial charge in [-0.05, 0) is 75.5 Å². The minimum atomic E-state index is -0.481. The fourth-order valence-electron chi connectivity index (χ4n) is 4.03. The summed E-state index contributed by atoms with van der Waals surface area (Å²) in [5.41, 5.74) is 2.02. The van der Waals surface area contributed by atoms with Crippen molar-refractivity contribution < 1.29 is 19.0 Å². The van der Waals surface area contributed by atoms with Crippen LogP contribution in [0, 0.1) is 5.92 Å². The second kappa shape index (κ2) is 9.43. The van der Waals surface area contributed by atoms with Crippen molar-refractivity contribution in [2.45, 2.75) is 64.0 Å². The van der Waals surface area contributed by atoms with Crippen molar-refractivity contribution in [3.8, 4) is 5.75 Å². The SMILES string of the molecule is CC(C)(C)OC(=O)N1CCC1COc1cncc(C2CC2COCC2=CCCC=C2)c1. The van der Waals surface area contributed by atoms with Gasteiger partial charge in [0.2, 0.25) is 0 Å². The van der Waals surface area contributed by atoms with Gasteiger partial charge in [0, 0.05) is 12.7 Å². The Labute approximate surface area is 185 Å². The average Bonchev–Trinajstić information content (AvgIpc) is 3.46. The van der Waals surface area contributed by atoms with Gasteiger partial charge in [0.1, 0.15) is 18.0 Å². The van der Waals surface area contributed by atoms with Crippen molar-refractivity contribution in [1.82, 2.24) is 9.88 Å². The van der Waals surface area contributed by atoms with E-state index in [0.717, 1.165) is 44.6 Å². The maximum absolute atomic E-state index is 12.3. The number of ether oxygens (including phenoxy) is 3. The zero-order valence-corrected chi connectivity index (χ0v) is 18.9. The molecule has 2 fully saturated rings. The molecule has 6 nitrogen and oxygen atoms in total. The lowest BCUT2D eigenvalue weighted by Gasteiger charge is -2.40. The number of carbonyl (C=O) groups excluding carboxylic acids is 1. The summed E-state index contributed by atoms with van der Waals surface area (Å²) in [6.45, 7) is 8.32. The van der Waals surface area contributed by atoms with Gasteiger partial charge < -0.3 is 19.1 Å². The van der Waals surface area contributed by atoms with Crippen molar-refractivity contribution in [2.75, 3.05) is 26.4 Å². The molecule has 168 valence electrons. The summed E-state index contributed by atoms with van der Waals surface area (Å²) in [4.78, 5) is 18.4. The molecule has 6 heteroatoms. The quantitative estimate of drug-likeness (QED) is 0.594. The first-order chi connectivity index (χ1) is 14.9. The highest BCUT2D eigenvalue weighted by molar-refractivity contribution is 5.69. The van der Waals surface area contributed by atoms with Crippen LogP contribution in [-0.2, 0) is 9.47 Å². The molecule has 3 aliphatic rings. The molecule has 0 N–H and O–H groups in total. The van der Waals surface area contributed by atoms with Crippen molar-refractivity contribution in [2.24, 2.45) is 5.92 Å². The third kappa shape index (κ3) is 6.10. The number of pyridine rings is 1. The van der Waals surface area contributed by atoms with Crippen LogP contribution < -0.4 is 4.74 Å². The number of rotatable bonds is 8. The van der Waals surface area contributed by atoms with E-state index in [1.54, 1.807) is 11.1 Å². The van der Waals surface area contributed by atoms with Gasteiger partial charge in [0.05, 0.1) is 25.5 Å². The molecule has 1 aromatic rings. The summed E-state index contributed by atoms with van der Waals surface area (Å²) in [5, 5.41) is 0. The molecule has 0 aromatic carbocycles. The van der Waals surface area contributed by atoms with Crippen LogP contribution >= 0.6 is 0 Å². The van der Waals surface area contributed by atoms with E-state index in [1.807, 2.05) is 27.0 Å². The number of allylic oxidation sites excluding steroid dienone is 2. The molecule has 1 aliphatic heterocycles. The van der Waals surface area contributed by atoms with E-state index in [0.29, 0.717) is 25.0 Å². The minimum absolute atomic E-state index is 0.0590. The van der Waals surface area contributed by atoms with Crippen LogP contribution in [0.5, 0.6) is 5.75 Å². The Kier molecular flexibility index (Phi) is 6.65. The summed E-state index contributed by atoms with van der Waals surface area (Å²) in [6, 6.07) is 2.14. The lowest BCUT2D eigenvalue weighted by Crippen LogP contribution is -2.55. The standard InChI is InChI=1S/C25H34N2O4/c1-25(2,3)31-24(28)27-10-9-21(27)17-30-22-11-19(13-26-14-22)23-12-20(23)16-29-15-18-7-5-4-6-8-18/h5,7-8,11,13-14,20-21,23H,4,6,9-10,12,15-17H2,1-3H3. The summed E-state index contributed by atoms with van der Waals surface area (Å²) in [7, 11) is 0. The van der Waals surface area contributed by atoms with Gasteiger partial charge in [0.25, 0.3) is 0 Å². The highest BCUT2D eigenvalue weighted by atomic mass is 16.6. The van der Waals surface area contributed by atoms with Crippen LogP contribution in [0.2, 0.25) is 0 Å². The Bertz CT molecular complexity index is 842. The van der Waals surface area contributed by atoms with Crippen LogP contribution in [0.15, 0.2) is 42.3 Å². The zero-order chi connectivity index (χ0) is 21.8. The van der Waals surface area contributed by atoms with Crippen molar-refractivity contribution in [3.05, 3.63) is 47.8 Å². The van der Waals surface area contributed by atoms with Gasteiger partial charge in [-0.25, -0.2) is 4.79 Å². The molecule has 0 radical (unpaired) electrons. The van der Waals surface area contributed by atoms with Crippen LogP contribution in [0.25, 0.3) is 0 Å². The lowest BCUT2D eigenvalue weighted by atomic mass is 10.1. The molecule has 0 spiro atoms. The van der Waals surface area contributed by atoms with Crippen LogP contribution in [0.4, 0.5) is 4.79 Å². The van der Waals surface area contributed by atoms with E-state index in [2.05, 4.69) is 29.3 Å². The Morgan fingerprint density at radius 3 is 2.81 bits per heavy atom. The van der Waals surface area contributed by atoms with Crippen molar-refractivity contribution >= 4 is 6.09 Å². The summed E-state index contributed by atoms with van der Waals surface area (Å²) in [6.07, 6.45) is 14.4. The van der Waals surface area contributed by atoms with E-state index in [1.165, 1.54) is 11.1 Å². The zero-order valence-electron chi connectivity index (χ0n) is 18.9. The first-order valence-corrected chi connectivity index (χ1v) is 11.4. The topological polar surface area (TPSA) is 60.9 Å². The monoisotopic (exact) mass is 426 g/mol. The first-order valence-electron chi connectivity index (χ1n) is 11.4. The summed E-state index contributed by atoms with van der Waals surface area (Å²) < 4.78 is 17.4. The maximum atomic E-state index is 12.3. The summed E-state index contributed by atoms with van der Waals surface area (Å²) >= 11 is 0. The highest BCUT2D eigenvalue weighted by Crippen LogP contribution is 2.48. The number of hydrogen-bond donors (Lipinski definition) is 0. The smallest absolute Gasteiger partial charge is 0.410 e. The highest BCUT2D eigenvalue weighted by Gasteiger charge is 2.39. The fraction of sp³-hybridized carbons (Fsp3) is 0.600. The molecule has 1 amide bonds. The Hall–Kier alpha value is -2.34. The van der Waals surface area contributed by atoms with E-state index in [4.69, 9.17) is 14.2 Å². The molecule has 2 aliphatic carbocycles. The molecule has 2 heterocycles. The van der Waals surface area contributed by atoms with Gasteiger partial charge in [-0.1, -0.05) is 18.2 Å². The van der Waals surface area contributed by atoms with Gasteiger partial charge >= 0.3 is 6.09 Å². The normalized spacial score (nSPS) is 24.9. The molecule has 3 unspecified atom stereocenters. The molecular formula is C25H34N2O4. The van der Waals surface area contributed by atoms with Gasteiger partial charge in [-0.3, -0.25) is 4.98 Å². The van der Waals surface area contributed by atoms with Crippen LogP contribution in [0.3, 0.4) is 0 Å². The second-order valence-electron chi connectivity index (χ2n) is 9.76. The van der Waals surface area contributed by atoms with E-state index in [9.17, 15) is 4.79 Å². The molecule has 4 rings (SSSR count).